The van der Waals surface area contributed by atoms with E-state index < -0.39 is 11.9 Å². The van der Waals surface area contributed by atoms with Crippen LogP contribution in [0.2, 0.25) is 5.02 Å². The van der Waals surface area contributed by atoms with Crippen LogP contribution in [0.25, 0.3) is 16.8 Å². The Morgan fingerprint density at radius 2 is 1.76 bits per heavy atom. The van der Waals surface area contributed by atoms with Crippen LogP contribution in [0.5, 0.6) is 0 Å². The van der Waals surface area contributed by atoms with Gasteiger partial charge in [0.1, 0.15) is 0 Å². The molecular formula is C17H14ClN5O2. The summed E-state index contributed by atoms with van der Waals surface area (Å²) in [6.45, 7) is 0. The molecule has 0 fully saturated rings. The molecule has 0 spiro atoms. The minimum Gasteiger partial charge on any atom is -0.364 e. The molecule has 0 unspecified atom stereocenters. The number of nitrogens with zero attached hydrogens (tertiary/aromatic N) is 2. The first-order chi connectivity index (χ1) is 11.9. The highest BCUT2D eigenvalue weighted by molar-refractivity contribution is 6.30. The fourth-order valence-electron chi connectivity index (χ4n) is 2.39. The summed E-state index contributed by atoms with van der Waals surface area (Å²) in [4.78, 5) is 22.5. The SMILES string of the molecule is NC(=O)Nc1cn(-c2ccc(-c3cccc(Cl)c3)cc2)nc1C(N)=O. The number of hydrogen-bond donors (Lipinski definition) is 3. The van der Waals surface area contributed by atoms with Crippen molar-refractivity contribution in [3.05, 3.63) is 65.4 Å². The van der Waals surface area contributed by atoms with Crippen LogP contribution in [-0.4, -0.2) is 21.7 Å². The fourth-order valence-corrected chi connectivity index (χ4v) is 2.58. The summed E-state index contributed by atoms with van der Waals surface area (Å²) in [5, 5.41) is 7.08. The standard InChI is InChI=1S/C17H14ClN5O2/c18-12-3-1-2-11(8-12)10-4-6-13(7-5-10)23-9-14(21-17(20)25)15(22-23)16(19)24/h1-9H,(H2,19,24)(H3,20,21,25). The Balaban J connectivity index is 1.94. The lowest BCUT2D eigenvalue weighted by Crippen LogP contribution is -2.22. The van der Waals surface area contributed by atoms with Gasteiger partial charge in [-0.2, -0.15) is 5.10 Å². The van der Waals surface area contributed by atoms with E-state index in [1.54, 1.807) is 0 Å². The molecule has 25 heavy (non-hydrogen) atoms. The topological polar surface area (TPSA) is 116 Å². The van der Waals surface area contributed by atoms with Gasteiger partial charge in [0.2, 0.25) is 0 Å². The van der Waals surface area contributed by atoms with Gasteiger partial charge in [-0.1, -0.05) is 35.9 Å². The van der Waals surface area contributed by atoms with Gasteiger partial charge in [-0.25, -0.2) is 9.48 Å². The Morgan fingerprint density at radius 3 is 2.36 bits per heavy atom. The molecule has 7 nitrogen and oxygen atoms in total. The van der Waals surface area contributed by atoms with Crippen molar-refractivity contribution in [3.8, 4) is 16.8 Å². The van der Waals surface area contributed by atoms with E-state index in [0.717, 1.165) is 11.1 Å². The van der Waals surface area contributed by atoms with Gasteiger partial charge in [-0.05, 0) is 35.4 Å². The van der Waals surface area contributed by atoms with E-state index in [-0.39, 0.29) is 11.4 Å². The first-order valence-corrected chi connectivity index (χ1v) is 7.64. The first-order valence-electron chi connectivity index (χ1n) is 7.26. The summed E-state index contributed by atoms with van der Waals surface area (Å²) in [6, 6.07) is 14.1. The predicted molar refractivity (Wildman–Crippen MR) is 95.7 cm³/mol. The first kappa shape index (κ1) is 16.5. The molecule has 0 bridgehead atoms. The van der Waals surface area contributed by atoms with Crippen LogP contribution in [0.4, 0.5) is 10.5 Å². The number of amides is 3. The van der Waals surface area contributed by atoms with Crippen LogP contribution in [0.3, 0.4) is 0 Å². The Morgan fingerprint density at radius 1 is 1.04 bits per heavy atom. The van der Waals surface area contributed by atoms with Crippen molar-refractivity contribution in [2.24, 2.45) is 11.5 Å². The van der Waals surface area contributed by atoms with Crippen molar-refractivity contribution in [2.45, 2.75) is 0 Å². The van der Waals surface area contributed by atoms with Crippen molar-refractivity contribution in [1.29, 1.82) is 0 Å². The summed E-state index contributed by atoms with van der Waals surface area (Å²) < 4.78 is 1.44. The summed E-state index contributed by atoms with van der Waals surface area (Å²) in [5.74, 6) is -0.766. The third-order valence-electron chi connectivity index (χ3n) is 3.50. The number of rotatable bonds is 4. The molecule has 3 rings (SSSR count). The second-order valence-electron chi connectivity index (χ2n) is 5.25. The molecule has 3 aromatic rings. The van der Waals surface area contributed by atoms with E-state index in [9.17, 15) is 9.59 Å². The zero-order valence-electron chi connectivity index (χ0n) is 12.9. The van der Waals surface area contributed by atoms with Crippen LogP contribution in [0.15, 0.2) is 54.7 Å². The predicted octanol–water partition coefficient (Wildman–Crippen LogP) is 2.78. The van der Waals surface area contributed by atoms with Crippen LogP contribution in [0, 0.1) is 0 Å². The number of anilines is 1. The molecule has 0 radical (unpaired) electrons. The number of aromatic nitrogens is 2. The largest absolute Gasteiger partial charge is 0.364 e. The molecule has 0 saturated carbocycles. The van der Waals surface area contributed by atoms with Gasteiger partial charge in [-0.3, -0.25) is 4.79 Å². The summed E-state index contributed by atoms with van der Waals surface area (Å²) in [6.07, 6.45) is 1.47. The Bertz CT molecular complexity index is 950. The van der Waals surface area contributed by atoms with Crippen molar-refractivity contribution >= 4 is 29.2 Å². The number of hydrogen-bond acceptors (Lipinski definition) is 3. The van der Waals surface area contributed by atoms with Gasteiger partial charge >= 0.3 is 6.03 Å². The van der Waals surface area contributed by atoms with Crippen LogP contribution in [0.1, 0.15) is 10.5 Å². The number of benzene rings is 2. The fraction of sp³-hybridized carbons (Fsp3) is 0. The number of primary amides is 2. The minimum absolute atomic E-state index is 0.0716. The lowest BCUT2D eigenvalue weighted by molar-refractivity contribution is 0.0996. The number of carbonyl (C=O) groups is 2. The molecule has 0 atom stereocenters. The van der Waals surface area contributed by atoms with Crippen LogP contribution in [-0.2, 0) is 0 Å². The number of nitrogens with two attached hydrogens (primary N) is 2. The van der Waals surface area contributed by atoms with Crippen molar-refractivity contribution in [1.82, 2.24) is 9.78 Å². The van der Waals surface area contributed by atoms with Gasteiger partial charge < -0.3 is 16.8 Å². The smallest absolute Gasteiger partial charge is 0.316 e. The monoisotopic (exact) mass is 355 g/mol. The molecule has 5 N–H and O–H groups in total. The van der Waals surface area contributed by atoms with Crippen molar-refractivity contribution < 1.29 is 9.59 Å². The summed E-state index contributed by atoms with van der Waals surface area (Å²) >= 11 is 6.01. The molecule has 0 aliphatic heterocycles. The highest BCUT2D eigenvalue weighted by Crippen LogP contribution is 2.24. The molecule has 8 heteroatoms. The van der Waals surface area contributed by atoms with Crippen LogP contribution >= 0.6 is 11.6 Å². The second-order valence-corrected chi connectivity index (χ2v) is 5.68. The maximum atomic E-state index is 11.5. The number of urea groups is 1. The molecular weight excluding hydrogens is 342 g/mol. The van der Waals surface area contributed by atoms with E-state index in [4.69, 9.17) is 23.1 Å². The molecule has 0 aliphatic carbocycles. The quantitative estimate of drug-likeness (QED) is 0.668. The average molecular weight is 356 g/mol. The Labute approximate surface area is 148 Å². The minimum atomic E-state index is -0.807. The molecule has 2 aromatic carbocycles. The zero-order valence-corrected chi connectivity index (χ0v) is 13.7. The van der Waals surface area contributed by atoms with Crippen molar-refractivity contribution in [3.63, 3.8) is 0 Å². The van der Waals surface area contributed by atoms with Gasteiger partial charge in [0, 0.05) is 5.02 Å². The highest BCUT2D eigenvalue weighted by atomic mass is 35.5. The van der Waals surface area contributed by atoms with E-state index >= 15 is 0 Å². The van der Waals surface area contributed by atoms with Gasteiger partial charge in [0.05, 0.1) is 17.6 Å². The third-order valence-corrected chi connectivity index (χ3v) is 3.73. The molecule has 1 aromatic heterocycles. The summed E-state index contributed by atoms with van der Waals surface area (Å²) in [7, 11) is 0. The molecule has 0 saturated heterocycles. The molecule has 1 heterocycles. The number of halogens is 1. The lowest BCUT2D eigenvalue weighted by Gasteiger charge is -2.05. The maximum absolute atomic E-state index is 11.5. The second kappa shape index (κ2) is 6.66. The van der Waals surface area contributed by atoms with E-state index in [0.29, 0.717) is 10.7 Å². The van der Waals surface area contributed by atoms with E-state index in [2.05, 4.69) is 10.4 Å². The van der Waals surface area contributed by atoms with Gasteiger partial charge in [-0.15, -0.1) is 0 Å². The number of carbonyl (C=O) groups excluding carboxylic acids is 2. The lowest BCUT2D eigenvalue weighted by atomic mass is 10.1. The van der Waals surface area contributed by atoms with E-state index in [1.165, 1.54) is 10.9 Å². The average Bonchev–Trinajstić information content (AvgIpc) is 2.98. The van der Waals surface area contributed by atoms with Gasteiger partial charge in [0.15, 0.2) is 5.69 Å². The normalized spacial score (nSPS) is 10.4. The Hall–Kier alpha value is -3.32. The Kier molecular flexibility index (Phi) is 4.40. The zero-order chi connectivity index (χ0) is 18.0. The maximum Gasteiger partial charge on any atom is 0.316 e. The third kappa shape index (κ3) is 3.61. The van der Waals surface area contributed by atoms with Crippen LogP contribution < -0.4 is 16.8 Å². The molecule has 126 valence electrons. The van der Waals surface area contributed by atoms with Crippen molar-refractivity contribution in [2.75, 3.05) is 5.32 Å². The number of nitrogens with one attached hydrogen (secondary N) is 1. The summed E-state index contributed by atoms with van der Waals surface area (Å²) in [5.41, 5.74) is 13.1. The highest BCUT2D eigenvalue weighted by Gasteiger charge is 2.16. The van der Waals surface area contributed by atoms with Gasteiger partial charge in [0.25, 0.3) is 5.91 Å². The molecule has 0 aliphatic rings. The van der Waals surface area contributed by atoms with E-state index in [1.807, 2.05) is 48.5 Å². The molecule has 3 amide bonds.